The lowest BCUT2D eigenvalue weighted by molar-refractivity contribution is -0.129. The second-order valence-corrected chi connectivity index (χ2v) is 3.97. The van der Waals surface area contributed by atoms with Crippen molar-refractivity contribution in [1.29, 1.82) is 0 Å². The molecule has 1 saturated carbocycles. The van der Waals surface area contributed by atoms with Crippen LogP contribution in [0.1, 0.15) is 33.1 Å². The van der Waals surface area contributed by atoms with Gasteiger partial charge in [-0.3, -0.25) is 4.79 Å². The number of aldehydes is 1. The molecule has 1 rings (SSSR count). The number of hydrogen-bond acceptors (Lipinski definition) is 2. The van der Waals surface area contributed by atoms with E-state index in [4.69, 9.17) is 0 Å². The summed E-state index contributed by atoms with van der Waals surface area (Å²) in [6, 6.07) is 0. The van der Waals surface area contributed by atoms with Crippen LogP contribution in [0, 0.1) is 11.3 Å². The Balaban J connectivity index is 2.70. The van der Waals surface area contributed by atoms with E-state index < -0.39 is 0 Å². The van der Waals surface area contributed by atoms with Gasteiger partial charge in [-0.05, 0) is 11.8 Å². The molecular weight excluding hydrogens is 140 g/mol. The fraction of sp³-hybridized carbons (Fsp3) is 0.778. The number of Topliss-reactive ketones (excluding diaryl/α,β-unsaturated/α-hetero) is 1. The van der Waals surface area contributed by atoms with E-state index >= 15 is 0 Å². The fourth-order valence-electron chi connectivity index (χ4n) is 1.50. The maximum Gasteiger partial charge on any atom is 0.133 e. The van der Waals surface area contributed by atoms with Crippen LogP contribution < -0.4 is 0 Å². The molecule has 0 spiro atoms. The lowest BCUT2D eigenvalue weighted by Crippen LogP contribution is -2.32. The highest BCUT2D eigenvalue weighted by molar-refractivity contribution is 5.82. The fourth-order valence-corrected chi connectivity index (χ4v) is 1.50. The van der Waals surface area contributed by atoms with Gasteiger partial charge >= 0.3 is 0 Å². The normalized spacial score (nSPS) is 30.0. The highest BCUT2D eigenvalue weighted by Gasteiger charge is 2.35. The van der Waals surface area contributed by atoms with Crippen molar-refractivity contribution in [3.8, 4) is 0 Å². The predicted molar refractivity (Wildman–Crippen MR) is 42.2 cm³/mol. The minimum atomic E-state index is -0.0521. The van der Waals surface area contributed by atoms with Gasteiger partial charge in [0.05, 0.1) is 0 Å². The molecule has 1 atom stereocenters. The highest BCUT2D eigenvalue weighted by atomic mass is 16.1. The van der Waals surface area contributed by atoms with E-state index in [0.29, 0.717) is 12.8 Å². The third-order valence-corrected chi connectivity index (χ3v) is 2.66. The molecule has 62 valence electrons. The van der Waals surface area contributed by atoms with Gasteiger partial charge in [0, 0.05) is 18.8 Å². The van der Waals surface area contributed by atoms with E-state index in [-0.39, 0.29) is 17.1 Å². The van der Waals surface area contributed by atoms with Crippen LogP contribution in [0.5, 0.6) is 0 Å². The minimum Gasteiger partial charge on any atom is -0.303 e. The van der Waals surface area contributed by atoms with Gasteiger partial charge in [0.1, 0.15) is 12.1 Å². The summed E-state index contributed by atoms with van der Waals surface area (Å²) < 4.78 is 0. The number of ketones is 1. The van der Waals surface area contributed by atoms with Gasteiger partial charge in [-0.2, -0.15) is 0 Å². The number of hydrogen-bond donors (Lipinski definition) is 0. The van der Waals surface area contributed by atoms with Crippen LogP contribution in [-0.2, 0) is 9.59 Å². The lowest BCUT2D eigenvalue weighted by atomic mass is 9.69. The predicted octanol–water partition coefficient (Wildman–Crippen LogP) is 1.58. The molecule has 0 aromatic heterocycles. The van der Waals surface area contributed by atoms with Crippen molar-refractivity contribution in [2.45, 2.75) is 33.1 Å². The first-order valence-corrected chi connectivity index (χ1v) is 4.03. The van der Waals surface area contributed by atoms with E-state index in [1.165, 1.54) is 0 Å². The Kier molecular flexibility index (Phi) is 2.12. The topological polar surface area (TPSA) is 34.1 Å². The summed E-state index contributed by atoms with van der Waals surface area (Å²) in [5, 5.41) is 0. The Labute approximate surface area is 67.0 Å². The Hall–Kier alpha value is -0.660. The van der Waals surface area contributed by atoms with Crippen LogP contribution >= 0.6 is 0 Å². The molecule has 0 aromatic carbocycles. The molecule has 0 radical (unpaired) electrons. The average Bonchev–Trinajstić information content (AvgIpc) is 1.94. The molecule has 0 heterocycles. The molecular formula is C9H14O2. The van der Waals surface area contributed by atoms with E-state index in [0.717, 1.165) is 12.7 Å². The first kappa shape index (κ1) is 8.44. The SMILES string of the molecule is CC1(C)CCC(=O)C[C@@H]1C=O. The number of carbonyl (C=O) groups is 2. The van der Waals surface area contributed by atoms with Crippen molar-refractivity contribution >= 4 is 12.1 Å². The Morgan fingerprint density at radius 3 is 2.64 bits per heavy atom. The average molecular weight is 154 g/mol. The van der Waals surface area contributed by atoms with Gasteiger partial charge in [0.15, 0.2) is 0 Å². The summed E-state index contributed by atoms with van der Waals surface area (Å²) in [5.41, 5.74) is 0.0374. The largest absolute Gasteiger partial charge is 0.303 e. The van der Waals surface area contributed by atoms with Crippen molar-refractivity contribution in [3.63, 3.8) is 0 Å². The molecule has 2 nitrogen and oxygen atoms in total. The van der Waals surface area contributed by atoms with Crippen LogP contribution in [0.25, 0.3) is 0 Å². The molecule has 0 aliphatic heterocycles. The number of carbonyl (C=O) groups excluding carboxylic acids is 2. The summed E-state index contributed by atoms with van der Waals surface area (Å²) >= 11 is 0. The molecule has 0 bridgehead atoms. The Morgan fingerprint density at radius 2 is 2.18 bits per heavy atom. The van der Waals surface area contributed by atoms with Crippen LogP contribution in [0.4, 0.5) is 0 Å². The Bertz CT molecular complexity index is 182. The zero-order chi connectivity index (χ0) is 8.48. The maximum atomic E-state index is 11.0. The van der Waals surface area contributed by atoms with Gasteiger partial charge in [0.2, 0.25) is 0 Å². The van der Waals surface area contributed by atoms with Crippen molar-refractivity contribution in [2.75, 3.05) is 0 Å². The molecule has 1 aliphatic rings. The molecule has 0 saturated heterocycles. The van der Waals surface area contributed by atoms with Gasteiger partial charge < -0.3 is 4.79 Å². The van der Waals surface area contributed by atoms with Gasteiger partial charge in [-0.15, -0.1) is 0 Å². The van der Waals surface area contributed by atoms with Crippen molar-refractivity contribution in [1.82, 2.24) is 0 Å². The van der Waals surface area contributed by atoms with Crippen LogP contribution in [0.3, 0.4) is 0 Å². The monoisotopic (exact) mass is 154 g/mol. The molecule has 0 amide bonds. The van der Waals surface area contributed by atoms with E-state index in [1.54, 1.807) is 0 Å². The van der Waals surface area contributed by atoms with Crippen molar-refractivity contribution in [2.24, 2.45) is 11.3 Å². The summed E-state index contributed by atoms with van der Waals surface area (Å²) in [4.78, 5) is 21.5. The van der Waals surface area contributed by atoms with Crippen LogP contribution in [0.15, 0.2) is 0 Å². The molecule has 0 N–H and O–H groups in total. The molecule has 1 aliphatic carbocycles. The molecule has 2 heteroatoms. The van der Waals surface area contributed by atoms with Crippen LogP contribution in [-0.4, -0.2) is 12.1 Å². The quantitative estimate of drug-likeness (QED) is 0.537. The molecule has 0 aromatic rings. The smallest absolute Gasteiger partial charge is 0.133 e. The molecule has 11 heavy (non-hydrogen) atoms. The summed E-state index contributed by atoms with van der Waals surface area (Å²) in [5.74, 6) is 0.185. The van der Waals surface area contributed by atoms with Crippen molar-refractivity contribution in [3.05, 3.63) is 0 Å². The molecule has 1 fully saturated rings. The second kappa shape index (κ2) is 2.76. The first-order chi connectivity index (χ1) is 5.06. The van der Waals surface area contributed by atoms with Gasteiger partial charge in [0.25, 0.3) is 0 Å². The molecule has 0 unspecified atom stereocenters. The summed E-state index contributed by atoms with van der Waals surface area (Å²) in [6.45, 7) is 4.11. The van der Waals surface area contributed by atoms with Crippen molar-refractivity contribution < 1.29 is 9.59 Å². The van der Waals surface area contributed by atoms with Gasteiger partial charge in [-0.25, -0.2) is 0 Å². The van der Waals surface area contributed by atoms with E-state index in [2.05, 4.69) is 13.8 Å². The third-order valence-electron chi connectivity index (χ3n) is 2.66. The standard InChI is InChI=1S/C9H14O2/c1-9(2)4-3-8(11)5-7(9)6-10/h6-7H,3-5H2,1-2H3/t7-/m1/s1. The van der Waals surface area contributed by atoms with Crippen LogP contribution in [0.2, 0.25) is 0 Å². The van der Waals surface area contributed by atoms with E-state index in [9.17, 15) is 9.59 Å². The van der Waals surface area contributed by atoms with Gasteiger partial charge in [-0.1, -0.05) is 13.8 Å². The Morgan fingerprint density at radius 1 is 1.55 bits per heavy atom. The zero-order valence-electron chi connectivity index (χ0n) is 7.09. The highest BCUT2D eigenvalue weighted by Crippen LogP contribution is 2.37. The second-order valence-electron chi connectivity index (χ2n) is 3.97. The summed E-state index contributed by atoms with van der Waals surface area (Å²) in [6.07, 6.45) is 2.89. The number of rotatable bonds is 1. The summed E-state index contributed by atoms with van der Waals surface area (Å²) in [7, 11) is 0. The zero-order valence-corrected chi connectivity index (χ0v) is 7.09. The first-order valence-electron chi connectivity index (χ1n) is 4.03. The van der Waals surface area contributed by atoms with E-state index in [1.807, 2.05) is 0 Å². The minimum absolute atomic E-state index is 0.0374. The maximum absolute atomic E-state index is 11.0. The lowest BCUT2D eigenvalue weighted by Gasteiger charge is -2.34. The third kappa shape index (κ3) is 1.67.